The molecule has 3 heteroatoms. The molecule has 2 unspecified atom stereocenters. The Morgan fingerprint density at radius 3 is 3.00 bits per heavy atom. The van der Waals surface area contributed by atoms with Crippen molar-refractivity contribution in [2.75, 3.05) is 13.1 Å². The fourth-order valence-corrected chi connectivity index (χ4v) is 2.16. The predicted octanol–water partition coefficient (Wildman–Crippen LogP) is 1.15. The van der Waals surface area contributed by atoms with Crippen LogP contribution in [0.5, 0.6) is 0 Å². The number of amides is 1. The minimum Gasteiger partial charge on any atom is -0.338 e. The molecule has 0 aromatic heterocycles. The molecule has 0 bridgehead atoms. The van der Waals surface area contributed by atoms with Crippen molar-refractivity contribution in [2.24, 2.45) is 11.7 Å². The summed E-state index contributed by atoms with van der Waals surface area (Å²) in [6, 6.07) is 0.233. The standard InChI is InChI=1S/C11H20N2O/c1-3-5-11(14)13-7-4-6-9(2)10(13)8-12/h3,9-10H,1,4-8,12H2,2H3. The summed E-state index contributed by atoms with van der Waals surface area (Å²) >= 11 is 0. The molecule has 0 aromatic rings. The molecule has 1 fully saturated rings. The Kier molecular flexibility index (Phi) is 4.14. The van der Waals surface area contributed by atoms with Gasteiger partial charge in [0.25, 0.3) is 0 Å². The average molecular weight is 196 g/mol. The zero-order valence-corrected chi connectivity index (χ0v) is 8.91. The van der Waals surface area contributed by atoms with Crippen molar-refractivity contribution < 1.29 is 4.79 Å². The van der Waals surface area contributed by atoms with Crippen molar-refractivity contribution in [3.05, 3.63) is 12.7 Å². The fraction of sp³-hybridized carbons (Fsp3) is 0.727. The van der Waals surface area contributed by atoms with Crippen LogP contribution in [-0.2, 0) is 4.79 Å². The molecule has 1 rings (SSSR count). The molecule has 0 saturated carbocycles. The third kappa shape index (κ3) is 2.35. The van der Waals surface area contributed by atoms with Crippen molar-refractivity contribution in [1.29, 1.82) is 0 Å². The highest BCUT2D eigenvalue weighted by molar-refractivity contribution is 5.78. The number of hydrogen-bond acceptors (Lipinski definition) is 2. The van der Waals surface area contributed by atoms with Crippen LogP contribution in [0.4, 0.5) is 0 Å². The van der Waals surface area contributed by atoms with Gasteiger partial charge in [-0.2, -0.15) is 0 Å². The Hall–Kier alpha value is -0.830. The maximum absolute atomic E-state index is 11.7. The van der Waals surface area contributed by atoms with Crippen LogP contribution in [0.3, 0.4) is 0 Å². The molecule has 2 atom stereocenters. The first kappa shape index (κ1) is 11.2. The van der Waals surface area contributed by atoms with Crippen LogP contribution >= 0.6 is 0 Å². The molecule has 1 amide bonds. The van der Waals surface area contributed by atoms with E-state index in [2.05, 4.69) is 13.5 Å². The Labute approximate surface area is 86.0 Å². The highest BCUT2D eigenvalue weighted by Crippen LogP contribution is 2.23. The number of hydrogen-bond donors (Lipinski definition) is 1. The van der Waals surface area contributed by atoms with Crippen LogP contribution in [0.2, 0.25) is 0 Å². The Balaban J connectivity index is 2.64. The first-order chi connectivity index (χ1) is 6.70. The van der Waals surface area contributed by atoms with Crippen LogP contribution in [0.25, 0.3) is 0 Å². The van der Waals surface area contributed by atoms with Crippen molar-refractivity contribution >= 4 is 5.91 Å². The first-order valence-electron chi connectivity index (χ1n) is 5.31. The molecule has 0 radical (unpaired) electrons. The molecule has 0 aliphatic carbocycles. The van der Waals surface area contributed by atoms with Crippen molar-refractivity contribution in [2.45, 2.75) is 32.2 Å². The molecule has 1 aliphatic rings. The van der Waals surface area contributed by atoms with E-state index in [4.69, 9.17) is 5.73 Å². The summed E-state index contributed by atoms with van der Waals surface area (Å²) in [5.74, 6) is 0.699. The quantitative estimate of drug-likeness (QED) is 0.688. The summed E-state index contributed by atoms with van der Waals surface area (Å²) in [4.78, 5) is 13.6. The van der Waals surface area contributed by atoms with Gasteiger partial charge in [0.15, 0.2) is 0 Å². The number of nitrogens with zero attached hydrogens (tertiary/aromatic N) is 1. The van der Waals surface area contributed by atoms with Crippen molar-refractivity contribution in [1.82, 2.24) is 4.90 Å². The molecule has 0 spiro atoms. The minimum atomic E-state index is 0.169. The number of carbonyl (C=O) groups is 1. The Morgan fingerprint density at radius 1 is 1.71 bits per heavy atom. The Morgan fingerprint density at radius 2 is 2.43 bits per heavy atom. The van der Waals surface area contributed by atoms with E-state index in [-0.39, 0.29) is 11.9 Å². The third-order valence-electron chi connectivity index (χ3n) is 3.00. The highest BCUT2D eigenvalue weighted by atomic mass is 16.2. The average Bonchev–Trinajstić information content (AvgIpc) is 2.17. The second-order valence-corrected chi connectivity index (χ2v) is 4.00. The van der Waals surface area contributed by atoms with Gasteiger partial charge in [0.1, 0.15) is 0 Å². The van der Waals surface area contributed by atoms with Crippen molar-refractivity contribution in [3.63, 3.8) is 0 Å². The van der Waals surface area contributed by atoms with Crippen LogP contribution in [0.15, 0.2) is 12.7 Å². The van der Waals surface area contributed by atoms with Gasteiger partial charge >= 0.3 is 0 Å². The molecular weight excluding hydrogens is 176 g/mol. The van der Waals surface area contributed by atoms with Gasteiger partial charge in [-0.05, 0) is 18.8 Å². The van der Waals surface area contributed by atoms with E-state index in [0.717, 1.165) is 13.0 Å². The van der Waals surface area contributed by atoms with Gasteiger partial charge in [0.05, 0.1) is 0 Å². The van der Waals surface area contributed by atoms with Gasteiger partial charge in [-0.1, -0.05) is 13.0 Å². The van der Waals surface area contributed by atoms with Crippen molar-refractivity contribution in [3.8, 4) is 0 Å². The van der Waals surface area contributed by atoms with Gasteiger partial charge in [0, 0.05) is 25.6 Å². The van der Waals surface area contributed by atoms with Crippen LogP contribution in [0.1, 0.15) is 26.2 Å². The monoisotopic (exact) mass is 196 g/mol. The minimum absolute atomic E-state index is 0.169. The first-order valence-corrected chi connectivity index (χ1v) is 5.31. The second-order valence-electron chi connectivity index (χ2n) is 4.00. The number of piperidine rings is 1. The number of likely N-dealkylation sites (tertiary alicyclic amines) is 1. The third-order valence-corrected chi connectivity index (χ3v) is 3.00. The van der Waals surface area contributed by atoms with Gasteiger partial charge in [-0.3, -0.25) is 4.79 Å². The number of rotatable bonds is 3. The normalized spacial score (nSPS) is 27.4. The summed E-state index contributed by atoms with van der Waals surface area (Å²) < 4.78 is 0. The summed E-state index contributed by atoms with van der Waals surface area (Å²) in [5.41, 5.74) is 5.70. The molecule has 1 heterocycles. The maximum atomic E-state index is 11.7. The van der Waals surface area contributed by atoms with E-state index < -0.39 is 0 Å². The van der Waals surface area contributed by atoms with Crippen LogP contribution in [-0.4, -0.2) is 29.9 Å². The lowest BCUT2D eigenvalue weighted by Gasteiger charge is -2.39. The highest BCUT2D eigenvalue weighted by Gasteiger charge is 2.29. The van der Waals surface area contributed by atoms with E-state index >= 15 is 0 Å². The lowest BCUT2D eigenvalue weighted by atomic mass is 9.90. The summed E-state index contributed by atoms with van der Waals surface area (Å²) in [6.07, 6.45) is 4.37. The van der Waals surface area contributed by atoms with E-state index in [1.54, 1.807) is 6.08 Å². The van der Waals surface area contributed by atoms with E-state index in [1.165, 1.54) is 6.42 Å². The summed E-state index contributed by atoms with van der Waals surface area (Å²) in [6.45, 7) is 7.19. The topological polar surface area (TPSA) is 46.3 Å². The molecule has 3 nitrogen and oxygen atoms in total. The zero-order valence-electron chi connectivity index (χ0n) is 8.91. The maximum Gasteiger partial charge on any atom is 0.226 e. The largest absolute Gasteiger partial charge is 0.338 e. The molecular formula is C11H20N2O. The van der Waals surface area contributed by atoms with Gasteiger partial charge in [-0.25, -0.2) is 0 Å². The van der Waals surface area contributed by atoms with E-state index in [0.29, 0.717) is 18.9 Å². The second kappa shape index (κ2) is 5.15. The van der Waals surface area contributed by atoms with Crippen LogP contribution < -0.4 is 5.73 Å². The molecule has 14 heavy (non-hydrogen) atoms. The Bertz CT molecular complexity index is 215. The lowest BCUT2D eigenvalue weighted by Crippen LogP contribution is -2.51. The number of nitrogens with two attached hydrogens (primary N) is 1. The predicted molar refractivity (Wildman–Crippen MR) is 57.8 cm³/mol. The van der Waals surface area contributed by atoms with Gasteiger partial charge in [-0.15, -0.1) is 6.58 Å². The van der Waals surface area contributed by atoms with Crippen LogP contribution in [0, 0.1) is 5.92 Å². The van der Waals surface area contributed by atoms with Gasteiger partial charge < -0.3 is 10.6 Å². The molecule has 1 aliphatic heterocycles. The zero-order chi connectivity index (χ0) is 10.6. The van der Waals surface area contributed by atoms with Gasteiger partial charge in [0.2, 0.25) is 5.91 Å². The number of carbonyl (C=O) groups excluding carboxylic acids is 1. The molecule has 80 valence electrons. The summed E-state index contributed by atoms with van der Waals surface area (Å²) in [5, 5.41) is 0. The molecule has 2 N–H and O–H groups in total. The lowest BCUT2D eigenvalue weighted by molar-refractivity contribution is -0.135. The molecule has 0 aromatic carbocycles. The fourth-order valence-electron chi connectivity index (χ4n) is 2.16. The smallest absolute Gasteiger partial charge is 0.226 e. The SMILES string of the molecule is C=CCC(=O)N1CCCC(C)C1CN. The summed E-state index contributed by atoms with van der Waals surface area (Å²) in [7, 11) is 0. The van der Waals surface area contributed by atoms with E-state index in [1.807, 2.05) is 4.90 Å². The van der Waals surface area contributed by atoms with E-state index in [9.17, 15) is 4.79 Å². The molecule has 1 saturated heterocycles.